The quantitative estimate of drug-likeness (QED) is 0.857. The van der Waals surface area contributed by atoms with Crippen LogP contribution in [-0.2, 0) is 22.6 Å². The van der Waals surface area contributed by atoms with Gasteiger partial charge in [0.1, 0.15) is 6.61 Å². The Kier molecular flexibility index (Phi) is 4.11. The highest BCUT2D eigenvalue weighted by molar-refractivity contribution is 7.09. The van der Waals surface area contributed by atoms with Crippen molar-refractivity contribution in [1.29, 1.82) is 0 Å². The summed E-state index contributed by atoms with van der Waals surface area (Å²) in [4.78, 5) is 22.2. The van der Waals surface area contributed by atoms with Gasteiger partial charge in [-0.1, -0.05) is 12.1 Å². The van der Waals surface area contributed by atoms with Gasteiger partial charge in [0, 0.05) is 43.4 Å². The number of likely N-dealkylation sites (tertiary alicyclic amines) is 1. The highest BCUT2D eigenvalue weighted by Crippen LogP contribution is 2.27. The lowest BCUT2D eigenvalue weighted by Gasteiger charge is -2.36. The molecule has 1 amide bonds. The van der Waals surface area contributed by atoms with E-state index in [0.29, 0.717) is 6.54 Å². The third-order valence-corrected chi connectivity index (χ3v) is 5.35. The number of rotatable bonds is 4. The van der Waals surface area contributed by atoms with Crippen molar-refractivity contribution in [3.63, 3.8) is 0 Å². The van der Waals surface area contributed by atoms with Crippen LogP contribution in [-0.4, -0.2) is 52.5 Å². The van der Waals surface area contributed by atoms with Crippen molar-refractivity contribution in [2.24, 2.45) is 0 Å². The Bertz CT molecular complexity index is 662. The Morgan fingerprint density at radius 1 is 1.26 bits per heavy atom. The van der Waals surface area contributed by atoms with Crippen molar-refractivity contribution in [1.82, 2.24) is 14.8 Å². The van der Waals surface area contributed by atoms with Crippen molar-refractivity contribution < 1.29 is 9.53 Å². The number of carbonyl (C=O) groups is 1. The number of pyridine rings is 1. The van der Waals surface area contributed by atoms with Crippen molar-refractivity contribution in [3.05, 3.63) is 52.5 Å². The summed E-state index contributed by atoms with van der Waals surface area (Å²) in [6.45, 7) is 3.50. The first kappa shape index (κ1) is 14.8. The van der Waals surface area contributed by atoms with Crippen molar-refractivity contribution >= 4 is 17.2 Å². The number of aromatic nitrogens is 1. The molecule has 0 spiro atoms. The number of nitrogens with zero attached hydrogens (tertiary/aromatic N) is 3. The van der Waals surface area contributed by atoms with Gasteiger partial charge in [0.15, 0.2) is 0 Å². The second kappa shape index (κ2) is 6.39. The Balaban J connectivity index is 1.47. The van der Waals surface area contributed by atoms with E-state index in [9.17, 15) is 4.79 Å². The van der Waals surface area contributed by atoms with Crippen molar-refractivity contribution in [2.45, 2.75) is 25.2 Å². The first-order valence-corrected chi connectivity index (χ1v) is 8.72. The molecule has 2 aromatic rings. The topological polar surface area (TPSA) is 45.7 Å². The summed E-state index contributed by atoms with van der Waals surface area (Å²) >= 11 is 1.78. The zero-order valence-corrected chi connectivity index (χ0v) is 13.6. The predicted octanol–water partition coefficient (Wildman–Crippen LogP) is 1.75. The minimum atomic E-state index is 0.0769. The average Bonchev–Trinajstić information content (AvgIpc) is 3.21. The summed E-state index contributed by atoms with van der Waals surface area (Å²) in [6, 6.07) is 8.30. The lowest BCUT2D eigenvalue weighted by molar-refractivity contribution is -0.153. The standard InChI is InChI=1S/C17H19N3O2S/c21-17-12-22-16-11-19(9-14-4-2-6-23-14)10-15(16)20(17)8-13-3-1-5-18-7-13/h1-7,15-16H,8-12H2/t15-,16-/m1/s1. The van der Waals surface area contributed by atoms with E-state index in [-0.39, 0.29) is 24.7 Å². The molecule has 23 heavy (non-hydrogen) atoms. The maximum atomic E-state index is 12.3. The predicted molar refractivity (Wildman–Crippen MR) is 87.9 cm³/mol. The lowest BCUT2D eigenvalue weighted by atomic mass is 10.1. The first-order chi connectivity index (χ1) is 11.3. The van der Waals surface area contributed by atoms with E-state index in [1.165, 1.54) is 4.88 Å². The Labute approximate surface area is 139 Å². The molecule has 0 radical (unpaired) electrons. The zero-order valence-electron chi connectivity index (χ0n) is 12.8. The summed E-state index contributed by atoms with van der Waals surface area (Å²) < 4.78 is 5.79. The summed E-state index contributed by atoms with van der Waals surface area (Å²) in [6.07, 6.45) is 3.70. The molecule has 0 N–H and O–H groups in total. The monoisotopic (exact) mass is 329 g/mol. The van der Waals surface area contributed by atoms with Gasteiger partial charge in [0.2, 0.25) is 5.91 Å². The third kappa shape index (κ3) is 3.15. The summed E-state index contributed by atoms with van der Waals surface area (Å²) in [5, 5.41) is 2.10. The molecule has 2 saturated heterocycles. The summed E-state index contributed by atoms with van der Waals surface area (Å²) in [5.74, 6) is 0.0769. The average molecular weight is 329 g/mol. The van der Waals surface area contributed by atoms with Crippen molar-refractivity contribution in [2.75, 3.05) is 19.7 Å². The maximum Gasteiger partial charge on any atom is 0.249 e. The lowest BCUT2D eigenvalue weighted by Crippen LogP contribution is -2.53. The van der Waals surface area contributed by atoms with E-state index in [1.807, 2.05) is 23.2 Å². The van der Waals surface area contributed by atoms with Crippen LogP contribution in [0.25, 0.3) is 0 Å². The molecule has 0 aromatic carbocycles. The molecule has 2 fully saturated rings. The highest BCUT2D eigenvalue weighted by atomic mass is 32.1. The molecule has 2 aliphatic heterocycles. The fraction of sp³-hybridized carbons (Fsp3) is 0.412. The van der Waals surface area contributed by atoms with Crippen LogP contribution in [0.15, 0.2) is 42.0 Å². The van der Waals surface area contributed by atoms with Gasteiger partial charge in [-0.2, -0.15) is 0 Å². The van der Waals surface area contributed by atoms with E-state index in [2.05, 4.69) is 27.4 Å². The Hall–Kier alpha value is -1.76. The van der Waals surface area contributed by atoms with Crippen LogP contribution < -0.4 is 0 Å². The molecule has 2 aromatic heterocycles. The second-order valence-electron chi connectivity index (χ2n) is 6.07. The van der Waals surface area contributed by atoms with Crippen LogP contribution in [0.3, 0.4) is 0 Å². The van der Waals surface area contributed by atoms with Gasteiger partial charge in [-0.25, -0.2) is 0 Å². The van der Waals surface area contributed by atoms with Crippen LogP contribution in [0.2, 0.25) is 0 Å². The van der Waals surface area contributed by atoms with Gasteiger partial charge in [-0.05, 0) is 23.1 Å². The van der Waals surface area contributed by atoms with Crippen LogP contribution in [0, 0.1) is 0 Å². The number of morpholine rings is 1. The molecule has 0 saturated carbocycles. The molecular weight excluding hydrogens is 310 g/mol. The number of ether oxygens (including phenoxy) is 1. The van der Waals surface area contributed by atoms with Gasteiger partial charge in [-0.3, -0.25) is 14.7 Å². The number of carbonyl (C=O) groups excluding carboxylic acids is 1. The van der Waals surface area contributed by atoms with Crippen LogP contribution in [0.1, 0.15) is 10.4 Å². The molecule has 2 atom stereocenters. The molecule has 0 aliphatic carbocycles. The SMILES string of the molecule is O=C1CO[C@@H]2CN(Cc3cccs3)C[C@H]2N1Cc1cccnc1. The Morgan fingerprint density at radius 3 is 3.00 bits per heavy atom. The number of hydrogen-bond acceptors (Lipinski definition) is 5. The number of fused-ring (bicyclic) bond motifs is 1. The molecule has 6 heteroatoms. The highest BCUT2D eigenvalue weighted by Gasteiger charge is 2.43. The van der Waals surface area contributed by atoms with Gasteiger partial charge in [0.05, 0.1) is 12.1 Å². The van der Waals surface area contributed by atoms with E-state index in [1.54, 1.807) is 17.5 Å². The Morgan fingerprint density at radius 2 is 2.22 bits per heavy atom. The van der Waals surface area contributed by atoms with E-state index < -0.39 is 0 Å². The van der Waals surface area contributed by atoms with Crippen LogP contribution in [0.4, 0.5) is 0 Å². The normalized spacial score (nSPS) is 24.9. The third-order valence-electron chi connectivity index (χ3n) is 4.49. The zero-order chi connectivity index (χ0) is 15.6. The fourth-order valence-electron chi connectivity index (χ4n) is 3.39. The van der Waals surface area contributed by atoms with Crippen LogP contribution in [0.5, 0.6) is 0 Å². The fourth-order valence-corrected chi connectivity index (χ4v) is 4.13. The molecule has 120 valence electrons. The second-order valence-corrected chi connectivity index (χ2v) is 7.11. The van der Waals surface area contributed by atoms with Gasteiger partial charge >= 0.3 is 0 Å². The van der Waals surface area contributed by atoms with E-state index >= 15 is 0 Å². The van der Waals surface area contributed by atoms with E-state index in [4.69, 9.17) is 4.74 Å². The van der Waals surface area contributed by atoms with Crippen LogP contribution >= 0.6 is 11.3 Å². The molecule has 0 unspecified atom stereocenters. The molecular formula is C17H19N3O2S. The molecule has 5 nitrogen and oxygen atoms in total. The summed E-state index contributed by atoms with van der Waals surface area (Å²) in [7, 11) is 0. The molecule has 4 rings (SSSR count). The smallest absolute Gasteiger partial charge is 0.249 e. The number of thiophene rings is 1. The number of amides is 1. The maximum absolute atomic E-state index is 12.3. The van der Waals surface area contributed by atoms with Gasteiger partial charge in [0.25, 0.3) is 0 Å². The van der Waals surface area contributed by atoms with Gasteiger partial charge in [-0.15, -0.1) is 11.3 Å². The molecule has 2 aliphatic rings. The first-order valence-electron chi connectivity index (χ1n) is 7.84. The largest absolute Gasteiger partial charge is 0.365 e. The van der Waals surface area contributed by atoms with Crippen molar-refractivity contribution in [3.8, 4) is 0 Å². The summed E-state index contributed by atoms with van der Waals surface area (Å²) in [5.41, 5.74) is 1.07. The number of hydrogen-bond donors (Lipinski definition) is 0. The van der Waals surface area contributed by atoms with Gasteiger partial charge < -0.3 is 9.64 Å². The van der Waals surface area contributed by atoms with E-state index in [0.717, 1.165) is 25.2 Å². The minimum Gasteiger partial charge on any atom is -0.365 e. The molecule has 4 heterocycles. The molecule has 0 bridgehead atoms. The minimum absolute atomic E-state index is 0.0769.